The van der Waals surface area contributed by atoms with Crippen molar-refractivity contribution >= 4 is 0 Å². The summed E-state index contributed by atoms with van der Waals surface area (Å²) in [4.78, 5) is 5.10. The summed E-state index contributed by atoms with van der Waals surface area (Å²) in [5.74, 6) is 0. The standard InChI is InChI=1S/C14H28N2O/c1-12(2)17-11-14(5-6-14)10-16-8-7-15(4)9-13(16)3/h12-13H,5-11H2,1-4H3/t13-/m1/s1. The number of ether oxygens (including phenoxy) is 1. The topological polar surface area (TPSA) is 15.7 Å². The first-order valence-corrected chi connectivity index (χ1v) is 7.05. The Kier molecular flexibility index (Phi) is 4.11. The molecule has 1 aliphatic heterocycles. The quantitative estimate of drug-likeness (QED) is 0.729. The van der Waals surface area contributed by atoms with E-state index >= 15 is 0 Å². The molecule has 3 nitrogen and oxygen atoms in total. The van der Waals surface area contributed by atoms with Crippen molar-refractivity contribution in [3.05, 3.63) is 0 Å². The molecule has 1 atom stereocenters. The molecule has 0 radical (unpaired) electrons. The van der Waals surface area contributed by atoms with Gasteiger partial charge in [0.25, 0.3) is 0 Å². The smallest absolute Gasteiger partial charge is 0.0538 e. The lowest BCUT2D eigenvalue weighted by atomic mass is 10.1. The molecule has 2 aliphatic rings. The summed E-state index contributed by atoms with van der Waals surface area (Å²) >= 11 is 0. The van der Waals surface area contributed by atoms with Gasteiger partial charge in [0.15, 0.2) is 0 Å². The van der Waals surface area contributed by atoms with E-state index in [4.69, 9.17) is 4.74 Å². The third-order valence-electron chi connectivity index (χ3n) is 4.19. The van der Waals surface area contributed by atoms with E-state index in [1.165, 1.54) is 39.0 Å². The van der Waals surface area contributed by atoms with Gasteiger partial charge in [0.05, 0.1) is 12.7 Å². The van der Waals surface area contributed by atoms with Crippen molar-refractivity contribution in [2.75, 3.05) is 39.8 Å². The predicted octanol–water partition coefficient (Wildman–Crippen LogP) is 1.83. The van der Waals surface area contributed by atoms with Gasteiger partial charge in [-0.05, 0) is 40.7 Å². The number of rotatable bonds is 5. The minimum Gasteiger partial charge on any atom is -0.378 e. The molecule has 0 spiro atoms. The molecule has 0 unspecified atom stereocenters. The van der Waals surface area contributed by atoms with Crippen LogP contribution in [0.4, 0.5) is 0 Å². The molecule has 0 bridgehead atoms. The van der Waals surface area contributed by atoms with E-state index < -0.39 is 0 Å². The van der Waals surface area contributed by atoms with E-state index in [0.717, 1.165) is 6.61 Å². The second-order valence-electron chi connectivity index (χ2n) is 6.44. The molecular formula is C14H28N2O. The van der Waals surface area contributed by atoms with Crippen molar-refractivity contribution in [3.63, 3.8) is 0 Å². The van der Waals surface area contributed by atoms with Crippen molar-refractivity contribution < 1.29 is 4.74 Å². The molecule has 2 rings (SSSR count). The lowest BCUT2D eigenvalue weighted by Gasteiger charge is -2.40. The Bertz CT molecular complexity index is 251. The molecule has 100 valence electrons. The third-order valence-corrected chi connectivity index (χ3v) is 4.19. The monoisotopic (exact) mass is 240 g/mol. The second kappa shape index (κ2) is 5.25. The molecule has 0 aromatic rings. The average molecular weight is 240 g/mol. The summed E-state index contributed by atoms with van der Waals surface area (Å²) in [7, 11) is 2.22. The Labute approximate surface area is 106 Å². The van der Waals surface area contributed by atoms with Crippen molar-refractivity contribution in [1.82, 2.24) is 9.80 Å². The zero-order chi connectivity index (χ0) is 12.5. The van der Waals surface area contributed by atoms with Crippen LogP contribution < -0.4 is 0 Å². The minimum absolute atomic E-state index is 0.373. The van der Waals surface area contributed by atoms with Crippen LogP contribution in [0.15, 0.2) is 0 Å². The van der Waals surface area contributed by atoms with Crippen LogP contribution in [-0.2, 0) is 4.74 Å². The van der Waals surface area contributed by atoms with Gasteiger partial charge in [-0.2, -0.15) is 0 Å². The van der Waals surface area contributed by atoms with Gasteiger partial charge in [-0.15, -0.1) is 0 Å². The van der Waals surface area contributed by atoms with Gasteiger partial charge in [-0.1, -0.05) is 0 Å². The lowest BCUT2D eigenvalue weighted by Crippen LogP contribution is -2.52. The number of likely N-dealkylation sites (N-methyl/N-ethyl adjacent to an activating group) is 1. The van der Waals surface area contributed by atoms with Gasteiger partial charge >= 0.3 is 0 Å². The average Bonchev–Trinajstić information content (AvgIpc) is 3.00. The number of hydrogen-bond acceptors (Lipinski definition) is 3. The molecule has 1 aliphatic carbocycles. The van der Waals surface area contributed by atoms with Crippen LogP contribution >= 0.6 is 0 Å². The van der Waals surface area contributed by atoms with Crippen molar-refractivity contribution in [2.45, 2.75) is 45.8 Å². The van der Waals surface area contributed by atoms with Crippen molar-refractivity contribution in [1.29, 1.82) is 0 Å². The fraction of sp³-hybridized carbons (Fsp3) is 1.00. The molecule has 1 heterocycles. The fourth-order valence-corrected chi connectivity index (χ4v) is 2.71. The summed E-state index contributed by atoms with van der Waals surface area (Å²) in [5.41, 5.74) is 0.494. The first kappa shape index (κ1) is 13.3. The number of nitrogens with zero attached hydrogens (tertiary/aromatic N) is 2. The van der Waals surface area contributed by atoms with Crippen LogP contribution in [0.2, 0.25) is 0 Å². The van der Waals surface area contributed by atoms with Crippen LogP contribution in [0.1, 0.15) is 33.6 Å². The van der Waals surface area contributed by atoms with Gasteiger partial charge in [-0.25, -0.2) is 0 Å². The van der Waals surface area contributed by atoms with Gasteiger partial charge in [0.1, 0.15) is 0 Å². The van der Waals surface area contributed by atoms with Crippen molar-refractivity contribution in [3.8, 4) is 0 Å². The Morgan fingerprint density at radius 3 is 2.53 bits per heavy atom. The second-order valence-corrected chi connectivity index (χ2v) is 6.44. The van der Waals surface area contributed by atoms with E-state index in [2.05, 4.69) is 37.6 Å². The summed E-state index contributed by atoms with van der Waals surface area (Å²) in [6.45, 7) is 12.5. The molecule has 1 saturated carbocycles. The molecule has 0 aromatic heterocycles. The van der Waals surface area contributed by atoms with Gasteiger partial charge in [-0.3, -0.25) is 4.90 Å². The van der Waals surface area contributed by atoms with E-state index in [9.17, 15) is 0 Å². The lowest BCUT2D eigenvalue weighted by molar-refractivity contribution is 0.0141. The maximum atomic E-state index is 5.83. The van der Waals surface area contributed by atoms with Gasteiger partial charge < -0.3 is 9.64 Å². The summed E-state index contributed by atoms with van der Waals surface area (Å²) in [6, 6.07) is 0.699. The summed E-state index contributed by atoms with van der Waals surface area (Å²) < 4.78 is 5.83. The zero-order valence-electron chi connectivity index (χ0n) is 11.9. The first-order valence-electron chi connectivity index (χ1n) is 7.05. The first-order chi connectivity index (χ1) is 8.01. The van der Waals surface area contributed by atoms with Crippen molar-refractivity contribution in [2.24, 2.45) is 5.41 Å². The van der Waals surface area contributed by atoms with E-state index in [1.54, 1.807) is 0 Å². The molecule has 3 heteroatoms. The molecule has 1 saturated heterocycles. The zero-order valence-corrected chi connectivity index (χ0v) is 11.9. The van der Waals surface area contributed by atoms with E-state index in [-0.39, 0.29) is 0 Å². The molecule has 0 amide bonds. The van der Waals surface area contributed by atoms with Crippen LogP contribution in [-0.4, -0.2) is 61.8 Å². The summed E-state index contributed by atoms with van der Waals surface area (Å²) in [6.07, 6.45) is 3.09. The SMILES string of the molecule is CC(C)OCC1(CN2CCN(C)C[C@H]2C)CC1. The Morgan fingerprint density at radius 1 is 1.29 bits per heavy atom. The number of hydrogen-bond donors (Lipinski definition) is 0. The van der Waals surface area contributed by atoms with Gasteiger partial charge in [0.2, 0.25) is 0 Å². The van der Waals surface area contributed by atoms with Crippen LogP contribution in [0.3, 0.4) is 0 Å². The van der Waals surface area contributed by atoms with E-state index in [1.807, 2.05) is 0 Å². The maximum Gasteiger partial charge on any atom is 0.0538 e. The Hall–Kier alpha value is -0.120. The Balaban J connectivity index is 1.80. The Morgan fingerprint density at radius 2 is 2.00 bits per heavy atom. The van der Waals surface area contributed by atoms with Crippen LogP contribution in [0.5, 0.6) is 0 Å². The van der Waals surface area contributed by atoms with Crippen LogP contribution in [0, 0.1) is 5.41 Å². The predicted molar refractivity (Wildman–Crippen MR) is 71.3 cm³/mol. The largest absolute Gasteiger partial charge is 0.378 e. The normalized spacial score (nSPS) is 29.8. The van der Waals surface area contributed by atoms with Gasteiger partial charge in [0, 0.05) is 37.6 Å². The van der Waals surface area contributed by atoms with Crippen LogP contribution in [0.25, 0.3) is 0 Å². The summed E-state index contributed by atoms with van der Waals surface area (Å²) in [5, 5.41) is 0. The molecule has 0 N–H and O–H groups in total. The minimum atomic E-state index is 0.373. The molecule has 2 fully saturated rings. The molecule has 0 aromatic carbocycles. The third kappa shape index (κ3) is 3.67. The van der Waals surface area contributed by atoms with E-state index in [0.29, 0.717) is 17.6 Å². The highest BCUT2D eigenvalue weighted by molar-refractivity contribution is 4.97. The number of piperazine rings is 1. The highest BCUT2D eigenvalue weighted by Crippen LogP contribution is 2.47. The highest BCUT2D eigenvalue weighted by Gasteiger charge is 2.45. The maximum absolute atomic E-state index is 5.83. The molecular weight excluding hydrogens is 212 g/mol. The fourth-order valence-electron chi connectivity index (χ4n) is 2.71. The highest BCUT2D eigenvalue weighted by atomic mass is 16.5. The molecule has 17 heavy (non-hydrogen) atoms.